The molecule has 0 saturated heterocycles. The van der Waals surface area contributed by atoms with E-state index in [1.807, 2.05) is 64.1 Å². The fourth-order valence-corrected chi connectivity index (χ4v) is 5.86. The number of amides is 2. The van der Waals surface area contributed by atoms with Crippen LogP contribution < -0.4 is 9.62 Å². The smallest absolute Gasteiger partial charge is 0.264 e. The Morgan fingerprint density at radius 1 is 0.875 bits per heavy atom. The van der Waals surface area contributed by atoms with Crippen molar-refractivity contribution in [2.24, 2.45) is 0 Å². The van der Waals surface area contributed by atoms with Crippen LogP contribution in [0.25, 0.3) is 0 Å². The van der Waals surface area contributed by atoms with Crippen LogP contribution in [0.4, 0.5) is 5.69 Å². The molecule has 0 unspecified atom stereocenters. The third-order valence-corrected chi connectivity index (χ3v) is 8.77. The Kier molecular flexibility index (Phi) is 10.9. The van der Waals surface area contributed by atoms with Gasteiger partial charge in [0.2, 0.25) is 11.8 Å². The fourth-order valence-electron chi connectivity index (χ4n) is 4.41. The van der Waals surface area contributed by atoms with E-state index in [0.29, 0.717) is 18.7 Å². The van der Waals surface area contributed by atoms with Crippen LogP contribution in [0.3, 0.4) is 0 Å². The molecule has 3 rings (SSSR count). The second kappa shape index (κ2) is 14.1. The molecule has 0 aliphatic rings. The lowest BCUT2D eigenvalue weighted by atomic mass is 10.1. The highest BCUT2D eigenvalue weighted by atomic mass is 32.2. The highest BCUT2D eigenvalue weighted by Gasteiger charge is 2.33. The lowest BCUT2D eigenvalue weighted by molar-refractivity contribution is -0.139. The van der Waals surface area contributed by atoms with E-state index in [2.05, 4.69) is 5.32 Å². The van der Waals surface area contributed by atoms with Crippen molar-refractivity contribution in [1.82, 2.24) is 10.2 Å². The second-order valence-electron chi connectivity index (χ2n) is 10.1. The summed E-state index contributed by atoms with van der Waals surface area (Å²) in [6, 6.07) is 20.8. The Bertz CT molecular complexity index is 1390. The van der Waals surface area contributed by atoms with Crippen molar-refractivity contribution >= 4 is 27.5 Å². The maximum atomic E-state index is 14.0. The molecule has 3 aromatic carbocycles. The molecule has 0 bridgehead atoms. The number of unbranched alkanes of at least 4 members (excludes halogenated alkanes) is 1. The number of aryl methyl sites for hydroxylation is 3. The van der Waals surface area contributed by atoms with Crippen molar-refractivity contribution < 1.29 is 18.0 Å². The first-order valence-electron chi connectivity index (χ1n) is 13.9. The number of nitrogens with one attached hydrogen (secondary N) is 1. The lowest BCUT2D eigenvalue weighted by Crippen LogP contribution is -2.51. The molecule has 0 heterocycles. The number of rotatable bonds is 13. The molecule has 40 heavy (non-hydrogen) atoms. The first kappa shape index (κ1) is 30.9. The van der Waals surface area contributed by atoms with Gasteiger partial charge in [-0.15, -0.1) is 0 Å². The van der Waals surface area contributed by atoms with Gasteiger partial charge in [-0.25, -0.2) is 8.42 Å². The molecule has 0 aromatic heterocycles. The summed E-state index contributed by atoms with van der Waals surface area (Å²) < 4.78 is 29.2. The van der Waals surface area contributed by atoms with Crippen LogP contribution in [0.5, 0.6) is 0 Å². The van der Waals surface area contributed by atoms with E-state index >= 15 is 0 Å². The first-order valence-corrected chi connectivity index (χ1v) is 15.3. The van der Waals surface area contributed by atoms with Crippen LogP contribution in [0.15, 0.2) is 77.7 Å². The molecule has 8 heteroatoms. The Morgan fingerprint density at radius 2 is 1.48 bits per heavy atom. The minimum absolute atomic E-state index is 0.104. The molecule has 3 aromatic rings. The Labute approximate surface area is 239 Å². The van der Waals surface area contributed by atoms with Gasteiger partial charge in [0.1, 0.15) is 12.6 Å². The van der Waals surface area contributed by atoms with Crippen molar-refractivity contribution in [3.63, 3.8) is 0 Å². The molecule has 2 amide bonds. The maximum Gasteiger partial charge on any atom is 0.264 e. The van der Waals surface area contributed by atoms with Crippen LogP contribution in [0, 0.1) is 13.8 Å². The topological polar surface area (TPSA) is 86.8 Å². The van der Waals surface area contributed by atoms with Crippen LogP contribution in [0.2, 0.25) is 0 Å². The normalized spacial score (nSPS) is 12.0. The summed E-state index contributed by atoms with van der Waals surface area (Å²) in [4.78, 5) is 28.7. The van der Waals surface area contributed by atoms with Gasteiger partial charge in [-0.3, -0.25) is 13.9 Å². The fraction of sp³-hybridized carbons (Fsp3) is 0.375. The first-order chi connectivity index (χ1) is 19.1. The monoisotopic (exact) mass is 563 g/mol. The molecule has 0 aliphatic carbocycles. The van der Waals surface area contributed by atoms with E-state index in [0.717, 1.165) is 35.1 Å². The number of hydrogen-bond donors (Lipinski definition) is 1. The zero-order valence-corrected chi connectivity index (χ0v) is 25.0. The Morgan fingerprint density at radius 3 is 2.08 bits per heavy atom. The zero-order valence-electron chi connectivity index (χ0n) is 24.2. The van der Waals surface area contributed by atoms with Gasteiger partial charge in [0, 0.05) is 13.1 Å². The third-order valence-electron chi connectivity index (χ3n) is 7.00. The van der Waals surface area contributed by atoms with Crippen molar-refractivity contribution in [1.29, 1.82) is 0 Å². The number of para-hydroxylation sites is 1. The second-order valence-corrected chi connectivity index (χ2v) is 12.0. The summed E-state index contributed by atoms with van der Waals surface area (Å²) in [7, 11) is -4.09. The summed E-state index contributed by atoms with van der Waals surface area (Å²) in [5.74, 6) is -0.726. The Hall–Kier alpha value is -3.65. The molecule has 0 spiro atoms. The summed E-state index contributed by atoms with van der Waals surface area (Å²) in [6.07, 6.45) is 2.36. The van der Waals surface area contributed by atoms with Crippen LogP contribution in [-0.2, 0) is 32.6 Å². The number of carbonyl (C=O) groups excluding carboxylic acids is 2. The van der Waals surface area contributed by atoms with E-state index in [1.165, 1.54) is 9.21 Å². The zero-order chi connectivity index (χ0) is 29.3. The Balaban J connectivity index is 2.03. The van der Waals surface area contributed by atoms with Gasteiger partial charge in [0.15, 0.2) is 0 Å². The third kappa shape index (κ3) is 7.72. The van der Waals surface area contributed by atoms with E-state index in [9.17, 15) is 18.0 Å². The molecule has 0 saturated carbocycles. The lowest BCUT2D eigenvalue weighted by Gasteiger charge is -2.32. The van der Waals surface area contributed by atoms with Crippen molar-refractivity contribution in [3.05, 3.63) is 95.1 Å². The minimum Gasteiger partial charge on any atom is -0.354 e. The van der Waals surface area contributed by atoms with E-state index < -0.39 is 28.5 Å². The summed E-state index contributed by atoms with van der Waals surface area (Å²) in [5, 5.41) is 2.91. The molecular weight excluding hydrogens is 522 g/mol. The standard InChI is InChI=1S/C32H41N3O4S/c1-6-8-21-33-32(37)26(5)34(22-27-17-13-24(3)14-18-27)31(36)23-35(30-12-10-9-11-28(30)7-2)40(38,39)29-19-15-25(4)16-20-29/h9-20,26H,6-8,21-23H2,1-5H3,(H,33,37)/t26-/m0/s1. The number of benzene rings is 3. The number of anilines is 1. The SMILES string of the molecule is CCCCNC(=O)[C@H](C)N(Cc1ccc(C)cc1)C(=O)CN(c1ccccc1CC)S(=O)(=O)c1ccc(C)cc1. The quantitative estimate of drug-likeness (QED) is 0.282. The largest absolute Gasteiger partial charge is 0.354 e. The molecule has 0 radical (unpaired) electrons. The van der Waals surface area contributed by atoms with Gasteiger partial charge in [-0.1, -0.05) is 86.0 Å². The molecule has 0 fully saturated rings. The van der Waals surface area contributed by atoms with Gasteiger partial charge < -0.3 is 10.2 Å². The van der Waals surface area contributed by atoms with Crippen LogP contribution in [0.1, 0.15) is 55.9 Å². The average molecular weight is 564 g/mol. The van der Waals surface area contributed by atoms with E-state index in [4.69, 9.17) is 0 Å². The van der Waals surface area contributed by atoms with E-state index in [1.54, 1.807) is 43.3 Å². The molecule has 7 nitrogen and oxygen atoms in total. The van der Waals surface area contributed by atoms with Crippen molar-refractivity contribution in [2.45, 2.75) is 71.4 Å². The highest BCUT2D eigenvalue weighted by molar-refractivity contribution is 7.92. The number of sulfonamides is 1. The molecule has 1 N–H and O–H groups in total. The van der Waals surface area contributed by atoms with Gasteiger partial charge in [0.25, 0.3) is 10.0 Å². The summed E-state index contributed by atoms with van der Waals surface area (Å²) >= 11 is 0. The summed E-state index contributed by atoms with van der Waals surface area (Å²) in [5.41, 5.74) is 4.13. The van der Waals surface area contributed by atoms with Crippen LogP contribution >= 0.6 is 0 Å². The maximum absolute atomic E-state index is 14.0. The van der Waals surface area contributed by atoms with Gasteiger partial charge in [-0.2, -0.15) is 0 Å². The minimum atomic E-state index is -4.09. The predicted molar refractivity (Wildman–Crippen MR) is 161 cm³/mol. The number of hydrogen-bond acceptors (Lipinski definition) is 4. The van der Waals surface area contributed by atoms with Gasteiger partial charge >= 0.3 is 0 Å². The van der Waals surface area contributed by atoms with Crippen LogP contribution in [-0.4, -0.2) is 44.3 Å². The van der Waals surface area contributed by atoms with Crippen molar-refractivity contribution in [3.8, 4) is 0 Å². The average Bonchev–Trinajstić information content (AvgIpc) is 2.95. The van der Waals surface area contributed by atoms with Gasteiger partial charge in [-0.05, 0) is 62.9 Å². The predicted octanol–water partition coefficient (Wildman–Crippen LogP) is 5.39. The van der Waals surface area contributed by atoms with E-state index in [-0.39, 0.29) is 17.3 Å². The van der Waals surface area contributed by atoms with Crippen molar-refractivity contribution in [2.75, 3.05) is 17.4 Å². The molecule has 1 atom stereocenters. The molecular formula is C32H41N3O4S. The summed E-state index contributed by atoms with van der Waals surface area (Å²) in [6.45, 7) is 9.80. The number of nitrogens with zero attached hydrogens (tertiary/aromatic N) is 2. The number of carbonyl (C=O) groups is 2. The molecule has 214 valence electrons. The molecule has 0 aliphatic heterocycles. The highest BCUT2D eigenvalue weighted by Crippen LogP contribution is 2.28. The van der Waals surface area contributed by atoms with Gasteiger partial charge in [0.05, 0.1) is 10.6 Å².